The lowest BCUT2D eigenvalue weighted by atomic mass is 10.1. The number of Topliss-reactive ketones (excluding diaryl/α,β-unsaturated/α-hetero) is 1. The highest BCUT2D eigenvalue weighted by Gasteiger charge is 2.39. The number of amides is 2. The molecule has 1 atom stereocenters. The standard InChI is InChI=1S/C13H11F3N2O3/c1-6(11(17)20)5-18-9-3-2-7(13(14,15)16)4-8(9)10(19)12(18)21/h2-4,6H,5H2,1H3,(H2,17,20). The lowest BCUT2D eigenvalue weighted by Gasteiger charge is -2.19. The maximum atomic E-state index is 12.6. The van der Waals surface area contributed by atoms with Crippen LogP contribution in [0.15, 0.2) is 18.2 Å². The maximum absolute atomic E-state index is 12.6. The molecular formula is C13H11F3N2O3. The molecule has 5 nitrogen and oxygen atoms in total. The predicted molar refractivity (Wildman–Crippen MR) is 66.5 cm³/mol. The third-order valence-electron chi connectivity index (χ3n) is 3.24. The van der Waals surface area contributed by atoms with Gasteiger partial charge in [-0.25, -0.2) is 0 Å². The molecule has 1 aromatic carbocycles. The van der Waals surface area contributed by atoms with Gasteiger partial charge in [-0.05, 0) is 18.2 Å². The van der Waals surface area contributed by atoms with Gasteiger partial charge in [0.25, 0.3) is 11.7 Å². The Morgan fingerprint density at radius 3 is 2.48 bits per heavy atom. The number of fused-ring (bicyclic) bond motifs is 1. The van der Waals surface area contributed by atoms with Crippen LogP contribution in [-0.4, -0.2) is 24.1 Å². The van der Waals surface area contributed by atoms with Crippen molar-refractivity contribution >= 4 is 23.3 Å². The SMILES string of the molecule is CC(CN1C(=O)C(=O)c2cc(C(F)(F)F)ccc21)C(N)=O. The van der Waals surface area contributed by atoms with E-state index < -0.39 is 35.3 Å². The summed E-state index contributed by atoms with van der Waals surface area (Å²) in [6.45, 7) is 1.31. The number of benzene rings is 1. The van der Waals surface area contributed by atoms with Crippen LogP contribution in [0.5, 0.6) is 0 Å². The zero-order chi connectivity index (χ0) is 15.9. The summed E-state index contributed by atoms with van der Waals surface area (Å²) in [5.41, 5.74) is 3.83. The number of primary amides is 1. The van der Waals surface area contributed by atoms with Crippen LogP contribution in [0, 0.1) is 5.92 Å². The van der Waals surface area contributed by atoms with E-state index in [0.717, 1.165) is 17.0 Å². The normalized spacial score (nSPS) is 16.1. The Labute approximate surface area is 117 Å². The first-order valence-electron chi connectivity index (χ1n) is 5.99. The second-order valence-corrected chi connectivity index (χ2v) is 4.78. The highest BCUT2D eigenvalue weighted by Crippen LogP contribution is 2.36. The smallest absolute Gasteiger partial charge is 0.369 e. The van der Waals surface area contributed by atoms with Gasteiger partial charge in [0.1, 0.15) is 0 Å². The molecule has 1 heterocycles. The number of hydrogen-bond donors (Lipinski definition) is 1. The second kappa shape index (κ2) is 4.87. The number of nitrogens with zero attached hydrogens (tertiary/aromatic N) is 1. The second-order valence-electron chi connectivity index (χ2n) is 4.78. The van der Waals surface area contributed by atoms with E-state index in [4.69, 9.17) is 5.73 Å². The Morgan fingerprint density at radius 2 is 1.95 bits per heavy atom. The molecule has 0 aliphatic carbocycles. The molecule has 0 saturated carbocycles. The number of ketones is 1. The van der Waals surface area contributed by atoms with Crippen LogP contribution in [0.25, 0.3) is 0 Å². The molecule has 21 heavy (non-hydrogen) atoms. The quantitative estimate of drug-likeness (QED) is 0.856. The van der Waals surface area contributed by atoms with Crippen molar-refractivity contribution in [2.24, 2.45) is 11.7 Å². The van der Waals surface area contributed by atoms with Gasteiger partial charge in [-0.3, -0.25) is 14.4 Å². The van der Waals surface area contributed by atoms with Crippen LogP contribution in [0.4, 0.5) is 18.9 Å². The van der Waals surface area contributed by atoms with Gasteiger partial charge in [0, 0.05) is 6.54 Å². The average molecular weight is 300 g/mol. The van der Waals surface area contributed by atoms with Crippen molar-refractivity contribution in [1.82, 2.24) is 0 Å². The molecule has 2 amide bonds. The average Bonchev–Trinajstić information content (AvgIpc) is 2.62. The van der Waals surface area contributed by atoms with E-state index in [1.165, 1.54) is 6.92 Å². The first-order chi connectivity index (χ1) is 9.62. The molecule has 0 saturated heterocycles. The van der Waals surface area contributed by atoms with E-state index in [1.807, 2.05) is 0 Å². The number of carbonyl (C=O) groups excluding carboxylic acids is 3. The van der Waals surface area contributed by atoms with Gasteiger partial charge in [-0.15, -0.1) is 0 Å². The van der Waals surface area contributed by atoms with Gasteiger partial charge in [-0.2, -0.15) is 13.2 Å². The first-order valence-corrected chi connectivity index (χ1v) is 5.99. The number of carbonyl (C=O) groups is 3. The maximum Gasteiger partial charge on any atom is 0.416 e. The minimum Gasteiger partial charge on any atom is -0.369 e. The van der Waals surface area contributed by atoms with Crippen LogP contribution in [0.2, 0.25) is 0 Å². The largest absolute Gasteiger partial charge is 0.416 e. The van der Waals surface area contributed by atoms with Crippen molar-refractivity contribution in [3.63, 3.8) is 0 Å². The monoisotopic (exact) mass is 300 g/mol. The lowest BCUT2D eigenvalue weighted by Crippen LogP contribution is -2.38. The van der Waals surface area contributed by atoms with E-state index >= 15 is 0 Å². The van der Waals surface area contributed by atoms with Crippen molar-refractivity contribution in [2.75, 3.05) is 11.4 Å². The number of anilines is 1. The molecule has 112 valence electrons. The molecule has 1 aromatic rings. The zero-order valence-corrected chi connectivity index (χ0v) is 10.9. The number of halogens is 3. The van der Waals surface area contributed by atoms with Crippen molar-refractivity contribution < 1.29 is 27.6 Å². The van der Waals surface area contributed by atoms with Crippen molar-refractivity contribution in [3.05, 3.63) is 29.3 Å². The molecule has 0 bridgehead atoms. The van der Waals surface area contributed by atoms with Gasteiger partial charge in [0.05, 0.1) is 22.7 Å². The van der Waals surface area contributed by atoms with E-state index in [1.54, 1.807) is 0 Å². The van der Waals surface area contributed by atoms with Crippen LogP contribution in [0.3, 0.4) is 0 Å². The molecule has 8 heteroatoms. The summed E-state index contributed by atoms with van der Waals surface area (Å²) in [7, 11) is 0. The minimum atomic E-state index is -4.60. The summed E-state index contributed by atoms with van der Waals surface area (Å²) in [6.07, 6.45) is -4.60. The summed E-state index contributed by atoms with van der Waals surface area (Å²) in [5, 5.41) is 0. The fraction of sp³-hybridized carbons (Fsp3) is 0.308. The summed E-state index contributed by atoms with van der Waals surface area (Å²) < 4.78 is 37.9. The zero-order valence-electron chi connectivity index (χ0n) is 10.9. The van der Waals surface area contributed by atoms with Crippen molar-refractivity contribution in [2.45, 2.75) is 13.1 Å². The minimum absolute atomic E-state index is 0.0612. The predicted octanol–water partition coefficient (Wildman–Crippen LogP) is 1.36. The van der Waals surface area contributed by atoms with Gasteiger partial charge < -0.3 is 10.6 Å². The van der Waals surface area contributed by atoms with Crippen LogP contribution in [-0.2, 0) is 15.8 Å². The summed E-state index contributed by atoms with van der Waals surface area (Å²) >= 11 is 0. The van der Waals surface area contributed by atoms with E-state index in [0.29, 0.717) is 6.07 Å². The summed E-state index contributed by atoms with van der Waals surface area (Å²) in [5.74, 6) is -3.38. The third kappa shape index (κ3) is 2.61. The Bertz CT molecular complexity index is 640. The Morgan fingerprint density at radius 1 is 1.33 bits per heavy atom. The van der Waals surface area contributed by atoms with E-state index in [-0.39, 0.29) is 17.8 Å². The van der Waals surface area contributed by atoms with Crippen LogP contribution < -0.4 is 10.6 Å². The third-order valence-corrected chi connectivity index (χ3v) is 3.24. The summed E-state index contributed by atoms with van der Waals surface area (Å²) in [4.78, 5) is 35.6. The fourth-order valence-electron chi connectivity index (χ4n) is 2.02. The highest BCUT2D eigenvalue weighted by molar-refractivity contribution is 6.52. The molecular weight excluding hydrogens is 289 g/mol. The molecule has 0 aromatic heterocycles. The van der Waals surface area contributed by atoms with E-state index in [2.05, 4.69) is 0 Å². The number of rotatable bonds is 3. The lowest BCUT2D eigenvalue weighted by molar-refractivity contribution is -0.137. The molecule has 0 spiro atoms. The van der Waals surface area contributed by atoms with Gasteiger partial charge >= 0.3 is 6.18 Å². The van der Waals surface area contributed by atoms with Crippen molar-refractivity contribution in [3.8, 4) is 0 Å². The Hall–Kier alpha value is -2.38. The number of hydrogen-bond acceptors (Lipinski definition) is 3. The van der Waals surface area contributed by atoms with Crippen LogP contribution >= 0.6 is 0 Å². The molecule has 1 aliphatic rings. The highest BCUT2D eigenvalue weighted by atomic mass is 19.4. The van der Waals surface area contributed by atoms with Gasteiger partial charge in [0.15, 0.2) is 0 Å². The summed E-state index contributed by atoms with van der Waals surface area (Å²) in [6, 6.07) is 2.48. The molecule has 2 rings (SSSR count). The fourth-order valence-corrected chi connectivity index (χ4v) is 2.02. The van der Waals surface area contributed by atoms with Gasteiger partial charge in [-0.1, -0.05) is 6.92 Å². The molecule has 1 unspecified atom stereocenters. The topological polar surface area (TPSA) is 80.5 Å². The molecule has 1 aliphatic heterocycles. The number of alkyl halides is 3. The Balaban J connectivity index is 2.42. The molecule has 2 N–H and O–H groups in total. The van der Waals surface area contributed by atoms with Gasteiger partial charge in [0.2, 0.25) is 5.91 Å². The Kier molecular flexibility index (Phi) is 3.48. The molecule has 0 fully saturated rings. The van der Waals surface area contributed by atoms with Crippen molar-refractivity contribution in [1.29, 1.82) is 0 Å². The molecule has 0 radical (unpaired) electrons. The van der Waals surface area contributed by atoms with Crippen LogP contribution in [0.1, 0.15) is 22.8 Å². The van der Waals surface area contributed by atoms with E-state index in [9.17, 15) is 27.6 Å². The number of nitrogens with two attached hydrogens (primary N) is 1. The first kappa shape index (κ1) is 15.0.